The van der Waals surface area contributed by atoms with Crippen LogP contribution in [0.25, 0.3) is 10.2 Å². The smallest absolute Gasteiger partial charge is 0.247 e. The Morgan fingerprint density at radius 3 is 2.77 bits per heavy atom. The second-order valence-corrected chi connectivity index (χ2v) is 9.72. The first kappa shape index (κ1) is 24.8. The first-order chi connectivity index (χ1) is 17.0. The first-order valence-electron chi connectivity index (χ1n) is 11.5. The van der Waals surface area contributed by atoms with Crippen LogP contribution in [0.3, 0.4) is 0 Å². The van der Waals surface area contributed by atoms with Crippen LogP contribution in [-0.4, -0.2) is 77.0 Å². The molecule has 4 rings (SSSR count). The summed E-state index contributed by atoms with van der Waals surface area (Å²) in [5.41, 5.74) is 2.10. The molecule has 2 aromatic heterocycles. The maximum Gasteiger partial charge on any atom is 0.247 e. The summed E-state index contributed by atoms with van der Waals surface area (Å²) in [6.07, 6.45) is 4.82. The van der Waals surface area contributed by atoms with Gasteiger partial charge in [0, 0.05) is 36.7 Å². The van der Waals surface area contributed by atoms with E-state index in [0.717, 1.165) is 32.8 Å². The number of carbonyl (C=O) groups excluding carboxylic acids is 2. The molecule has 0 spiro atoms. The fourth-order valence-electron chi connectivity index (χ4n) is 4.02. The molecule has 0 unspecified atom stereocenters. The molecule has 10 heteroatoms. The highest BCUT2D eigenvalue weighted by Gasteiger charge is 2.26. The topological polar surface area (TPSA) is 111 Å². The van der Waals surface area contributed by atoms with Crippen LogP contribution in [0.1, 0.15) is 22.0 Å². The Morgan fingerprint density at radius 1 is 1.23 bits per heavy atom. The van der Waals surface area contributed by atoms with E-state index in [9.17, 15) is 14.7 Å². The van der Waals surface area contributed by atoms with E-state index < -0.39 is 0 Å². The van der Waals surface area contributed by atoms with Crippen LogP contribution in [0.15, 0.2) is 48.8 Å². The molecule has 1 aliphatic heterocycles. The Kier molecular flexibility index (Phi) is 8.06. The van der Waals surface area contributed by atoms with Gasteiger partial charge < -0.3 is 25.5 Å². The molecule has 1 aromatic carbocycles. The summed E-state index contributed by atoms with van der Waals surface area (Å²) in [5.74, 6) is 0.219. The van der Waals surface area contributed by atoms with Crippen LogP contribution in [0.5, 0.6) is 0 Å². The van der Waals surface area contributed by atoms with Gasteiger partial charge in [-0.3, -0.25) is 9.59 Å². The van der Waals surface area contributed by atoms with Crippen LogP contribution in [0, 0.1) is 0 Å². The fraction of sp³-hybridized carbons (Fsp3) is 0.360. The second-order valence-electron chi connectivity index (χ2n) is 8.63. The number of hydrogen-bond acceptors (Lipinski definition) is 8. The van der Waals surface area contributed by atoms with Crippen molar-refractivity contribution in [1.82, 2.24) is 25.1 Å². The lowest BCUT2D eigenvalue weighted by atomic mass is 10.0. The molecule has 0 bridgehead atoms. The van der Waals surface area contributed by atoms with Gasteiger partial charge in [0.1, 0.15) is 17.0 Å². The molecule has 0 saturated heterocycles. The van der Waals surface area contributed by atoms with Gasteiger partial charge in [-0.15, -0.1) is 11.3 Å². The number of fused-ring (bicyclic) bond motifs is 3. The summed E-state index contributed by atoms with van der Waals surface area (Å²) in [6, 6.07) is 9.46. The Hall–Kier alpha value is -3.34. The van der Waals surface area contributed by atoms with Gasteiger partial charge in [0.25, 0.3) is 0 Å². The predicted octanol–water partition coefficient (Wildman–Crippen LogP) is 1.96. The maximum atomic E-state index is 12.7. The molecule has 2 amide bonds. The highest BCUT2D eigenvalue weighted by molar-refractivity contribution is 7.19. The van der Waals surface area contributed by atoms with Crippen LogP contribution >= 0.6 is 11.3 Å². The van der Waals surface area contributed by atoms with E-state index in [-0.39, 0.29) is 24.5 Å². The second kappa shape index (κ2) is 11.4. The summed E-state index contributed by atoms with van der Waals surface area (Å²) in [7, 11) is 3.87. The van der Waals surface area contributed by atoms with Gasteiger partial charge in [-0.25, -0.2) is 9.97 Å². The van der Waals surface area contributed by atoms with Gasteiger partial charge in [0.05, 0.1) is 24.6 Å². The molecule has 35 heavy (non-hydrogen) atoms. The van der Waals surface area contributed by atoms with Crippen LogP contribution < -0.4 is 10.6 Å². The Balaban J connectivity index is 1.47. The summed E-state index contributed by atoms with van der Waals surface area (Å²) in [5, 5.41) is 17.1. The van der Waals surface area contributed by atoms with Gasteiger partial charge >= 0.3 is 0 Å². The van der Waals surface area contributed by atoms with Gasteiger partial charge in [0.15, 0.2) is 0 Å². The molecule has 3 N–H and O–H groups in total. The molecule has 3 aromatic rings. The van der Waals surface area contributed by atoms with Crippen LogP contribution in [-0.2, 0) is 22.6 Å². The maximum absolute atomic E-state index is 12.7. The Bertz CT molecular complexity index is 1210. The van der Waals surface area contributed by atoms with E-state index in [4.69, 9.17) is 0 Å². The molecule has 0 saturated carbocycles. The SMILES string of the molecule is CN(C)CCNC(=O)/C=C/C(=O)N1CCc2c(sc3ncnc(N[C@H](CO)c4ccccc4)c23)C1. The van der Waals surface area contributed by atoms with Crippen molar-refractivity contribution >= 4 is 39.2 Å². The van der Waals surface area contributed by atoms with Crippen LogP contribution in [0.4, 0.5) is 5.82 Å². The van der Waals surface area contributed by atoms with Crippen molar-refractivity contribution in [2.45, 2.75) is 19.0 Å². The fourth-order valence-corrected chi connectivity index (χ4v) is 5.23. The number of hydrogen-bond donors (Lipinski definition) is 3. The molecule has 0 aliphatic carbocycles. The number of amides is 2. The number of rotatable bonds is 9. The van der Waals surface area contributed by atoms with E-state index >= 15 is 0 Å². The quantitative estimate of drug-likeness (QED) is 0.390. The predicted molar refractivity (Wildman–Crippen MR) is 137 cm³/mol. The molecule has 9 nitrogen and oxygen atoms in total. The lowest BCUT2D eigenvalue weighted by Crippen LogP contribution is -2.34. The van der Waals surface area contributed by atoms with E-state index in [0.29, 0.717) is 31.9 Å². The zero-order valence-electron chi connectivity index (χ0n) is 19.9. The van der Waals surface area contributed by atoms with Crippen molar-refractivity contribution in [3.8, 4) is 0 Å². The van der Waals surface area contributed by atoms with Gasteiger partial charge in [0.2, 0.25) is 11.8 Å². The minimum atomic E-state index is -0.291. The van der Waals surface area contributed by atoms with Crippen molar-refractivity contribution in [2.24, 2.45) is 0 Å². The Labute approximate surface area is 208 Å². The number of benzene rings is 1. The van der Waals surface area contributed by atoms with Crippen molar-refractivity contribution in [3.05, 3.63) is 64.8 Å². The minimum Gasteiger partial charge on any atom is -0.394 e. The summed E-state index contributed by atoms with van der Waals surface area (Å²) in [6.45, 7) is 2.19. The number of anilines is 1. The van der Waals surface area contributed by atoms with Gasteiger partial charge in [-0.2, -0.15) is 0 Å². The summed E-state index contributed by atoms with van der Waals surface area (Å²) >= 11 is 1.55. The largest absolute Gasteiger partial charge is 0.394 e. The number of thiophene rings is 1. The zero-order valence-corrected chi connectivity index (χ0v) is 20.7. The number of likely N-dealkylation sites (N-methyl/N-ethyl adjacent to an activating group) is 1. The van der Waals surface area contributed by atoms with Crippen molar-refractivity contribution in [2.75, 3.05) is 45.7 Å². The first-order valence-corrected chi connectivity index (χ1v) is 12.3. The molecule has 0 radical (unpaired) electrons. The average molecular weight is 495 g/mol. The van der Waals surface area contributed by atoms with Crippen molar-refractivity contribution in [3.63, 3.8) is 0 Å². The van der Waals surface area contributed by atoms with E-state index in [1.807, 2.05) is 49.3 Å². The third-order valence-electron chi connectivity index (χ3n) is 5.88. The summed E-state index contributed by atoms with van der Waals surface area (Å²) in [4.78, 5) is 39.2. The van der Waals surface area contributed by atoms with Crippen molar-refractivity contribution < 1.29 is 14.7 Å². The molecule has 1 atom stereocenters. The normalized spacial score (nSPS) is 14.3. The molecule has 0 fully saturated rings. The average Bonchev–Trinajstić information content (AvgIpc) is 3.24. The molecule has 3 heterocycles. The standard InChI is InChI=1S/C25H30N6O3S/c1-30(2)13-11-26-21(33)8-9-22(34)31-12-10-18-20(14-31)35-25-23(18)24(27-16-28-25)29-19(15-32)17-6-4-3-5-7-17/h3-9,16,19,32H,10-15H2,1-2H3,(H,26,33)(H,27,28,29)/b9-8+/t19-/m1/s1. The van der Waals surface area contributed by atoms with Gasteiger partial charge in [-0.1, -0.05) is 30.3 Å². The third-order valence-corrected chi connectivity index (χ3v) is 7.00. The number of aliphatic hydroxyl groups is 1. The number of nitrogens with one attached hydrogen (secondary N) is 2. The molecule has 184 valence electrons. The van der Waals surface area contributed by atoms with Crippen LogP contribution in [0.2, 0.25) is 0 Å². The minimum absolute atomic E-state index is 0.0703. The van der Waals surface area contributed by atoms with E-state index in [2.05, 4.69) is 20.6 Å². The van der Waals surface area contributed by atoms with E-state index in [1.54, 1.807) is 16.2 Å². The van der Waals surface area contributed by atoms with Crippen molar-refractivity contribution in [1.29, 1.82) is 0 Å². The molecular weight excluding hydrogens is 464 g/mol. The lowest BCUT2D eigenvalue weighted by molar-refractivity contribution is -0.127. The van der Waals surface area contributed by atoms with E-state index in [1.165, 1.54) is 18.5 Å². The third kappa shape index (κ3) is 6.02. The number of aromatic nitrogens is 2. The molecular formula is C25H30N6O3S. The molecule has 1 aliphatic rings. The number of nitrogens with zero attached hydrogens (tertiary/aromatic N) is 4. The number of carbonyl (C=O) groups is 2. The number of aliphatic hydroxyl groups excluding tert-OH is 1. The van der Waals surface area contributed by atoms with Gasteiger partial charge in [-0.05, 0) is 31.6 Å². The summed E-state index contributed by atoms with van der Waals surface area (Å²) < 4.78 is 0. The highest BCUT2D eigenvalue weighted by Crippen LogP contribution is 2.38. The zero-order chi connectivity index (χ0) is 24.8. The Morgan fingerprint density at radius 2 is 2.03 bits per heavy atom. The lowest BCUT2D eigenvalue weighted by Gasteiger charge is -2.26. The monoisotopic (exact) mass is 494 g/mol. The highest BCUT2D eigenvalue weighted by atomic mass is 32.1.